The summed E-state index contributed by atoms with van der Waals surface area (Å²) < 4.78 is 12.6. The summed E-state index contributed by atoms with van der Waals surface area (Å²) >= 11 is 1.62. The van der Waals surface area contributed by atoms with Crippen molar-refractivity contribution in [2.24, 2.45) is 0 Å². The van der Waals surface area contributed by atoms with E-state index in [1.165, 1.54) is 0 Å². The Hall–Kier alpha value is -2.44. The molecule has 1 aliphatic rings. The van der Waals surface area contributed by atoms with Gasteiger partial charge >= 0.3 is 0 Å². The van der Waals surface area contributed by atoms with Gasteiger partial charge in [0.2, 0.25) is 0 Å². The molecule has 4 rings (SSSR count). The highest BCUT2D eigenvalue weighted by Crippen LogP contribution is 2.25. The van der Waals surface area contributed by atoms with Crippen LogP contribution in [0.15, 0.2) is 48.5 Å². The molecule has 1 aromatic heterocycles. The predicted molar refractivity (Wildman–Crippen MR) is 106 cm³/mol. The van der Waals surface area contributed by atoms with Crippen LogP contribution in [-0.2, 0) is 11.3 Å². The molecule has 0 spiro atoms. The number of hydrogen-bond donors (Lipinski definition) is 0. The Morgan fingerprint density at radius 1 is 1.26 bits per heavy atom. The second-order valence-electron chi connectivity index (χ2n) is 6.68. The highest BCUT2D eigenvalue weighted by Gasteiger charge is 2.20. The Bertz CT molecular complexity index is 901. The largest absolute Gasteiger partial charge is 0.490 e. The molecule has 0 N–H and O–H groups in total. The van der Waals surface area contributed by atoms with Crippen LogP contribution in [0, 0.1) is 0 Å². The Labute approximate surface area is 162 Å². The van der Waals surface area contributed by atoms with E-state index in [0.29, 0.717) is 24.5 Å². The fraction of sp³-hybridized carbons (Fsp3) is 0.333. The fourth-order valence-electron chi connectivity index (χ4n) is 3.20. The lowest BCUT2D eigenvalue weighted by molar-refractivity contribution is 0.0656. The van der Waals surface area contributed by atoms with Crippen molar-refractivity contribution in [3.8, 4) is 5.75 Å². The minimum Gasteiger partial charge on any atom is -0.490 e. The molecule has 140 valence electrons. The van der Waals surface area contributed by atoms with E-state index in [9.17, 15) is 4.79 Å². The monoisotopic (exact) mass is 382 g/mol. The van der Waals surface area contributed by atoms with Gasteiger partial charge in [0.25, 0.3) is 5.91 Å². The molecule has 1 aliphatic heterocycles. The number of ether oxygens (including phenoxy) is 2. The third kappa shape index (κ3) is 4.12. The van der Waals surface area contributed by atoms with Gasteiger partial charge in [-0.05, 0) is 37.1 Å². The molecule has 27 heavy (non-hydrogen) atoms. The topological polar surface area (TPSA) is 51.7 Å². The molecule has 0 aliphatic carbocycles. The number of thiazole rings is 1. The van der Waals surface area contributed by atoms with Gasteiger partial charge in [-0.15, -0.1) is 11.3 Å². The number of rotatable bonds is 6. The van der Waals surface area contributed by atoms with Crippen LogP contribution >= 0.6 is 11.3 Å². The number of para-hydroxylation sites is 2. The minimum atomic E-state index is -0.0720. The summed E-state index contributed by atoms with van der Waals surface area (Å²) in [6, 6.07) is 15.4. The van der Waals surface area contributed by atoms with Crippen molar-refractivity contribution >= 4 is 27.5 Å². The molecular weight excluding hydrogens is 360 g/mol. The second-order valence-corrected chi connectivity index (χ2v) is 7.79. The van der Waals surface area contributed by atoms with Crippen molar-refractivity contribution in [1.82, 2.24) is 9.88 Å². The van der Waals surface area contributed by atoms with Gasteiger partial charge in [0.15, 0.2) is 0 Å². The molecule has 1 unspecified atom stereocenters. The molecule has 0 radical (unpaired) electrons. The fourth-order valence-corrected chi connectivity index (χ4v) is 4.22. The van der Waals surface area contributed by atoms with E-state index in [2.05, 4.69) is 4.98 Å². The molecule has 3 aromatic rings. The molecular formula is C21H22N2O3S. The third-order valence-electron chi connectivity index (χ3n) is 4.62. The molecule has 6 heteroatoms. The van der Waals surface area contributed by atoms with E-state index in [1.54, 1.807) is 23.3 Å². The first-order valence-electron chi connectivity index (χ1n) is 9.14. The summed E-state index contributed by atoms with van der Waals surface area (Å²) in [5.74, 6) is 0.534. The standard InChI is InChI=1S/C21H22N2O3S/c1-23(13-20-22-17-9-3-5-11-19(17)27-20)21(24)16-8-2-4-10-18(16)26-14-15-7-6-12-25-15/h2-5,8-11,15H,6-7,12-14H2,1H3. The smallest absolute Gasteiger partial charge is 0.257 e. The molecule has 1 saturated heterocycles. The van der Waals surface area contributed by atoms with E-state index in [-0.39, 0.29) is 12.0 Å². The van der Waals surface area contributed by atoms with Crippen molar-refractivity contribution in [1.29, 1.82) is 0 Å². The molecule has 0 saturated carbocycles. The molecule has 1 fully saturated rings. The Balaban J connectivity index is 1.46. The number of carbonyl (C=O) groups is 1. The molecule has 2 heterocycles. The lowest BCUT2D eigenvalue weighted by atomic mass is 10.1. The van der Waals surface area contributed by atoms with Crippen molar-refractivity contribution in [3.63, 3.8) is 0 Å². The summed E-state index contributed by atoms with van der Waals surface area (Å²) in [5, 5.41) is 0.921. The number of fused-ring (bicyclic) bond motifs is 1. The Morgan fingerprint density at radius 2 is 2.07 bits per heavy atom. The van der Waals surface area contributed by atoms with E-state index in [0.717, 1.165) is 34.7 Å². The Morgan fingerprint density at radius 3 is 2.89 bits per heavy atom. The number of nitrogens with zero attached hydrogens (tertiary/aromatic N) is 2. The van der Waals surface area contributed by atoms with Crippen molar-refractivity contribution in [3.05, 3.63) is 59.1 Å². The summed E-state index contributed by atoms with van der Waals surface area (Å²) in [6.07, 6.45) is 2.20. The quantitative estimate of drug-likeness (QED) is 0.643. The predicted octanol–water partition coefficient (Wildman–Crippen LogP) is 4.13. The number of benzene rings is 2. The highest BCUT2D eigenvalue weighted by molar-refractivity contribution is 7.18. The first kappa shape index (κ1) is 17.9. The van der Waals surface area contributed by atoms with Gasteiger partial charge in [-0.2, -0.15) is 0 Å². The number of aromatic nitrogens is 1. The second kappa shape index (κ2) is 8.06. The number of amides is 1. The van der Waals surface area contributed by atoms with E-state index in [4.69, 9.17) is 9.47 Å². The van der Waals surface area contributed by atoms with Crippen LogP contribution in [0.1, 0.15) is 28.2 Å². The van der Waals surface area contributed by atoms with Crippen LogP contribution in [0.2, 0.25) is 0 Å². The maximum absolute atomic E-state index is 13.0. The van der Waals surface area contributed by atoms with Crippen LogP contribution in [0.25, 0.3) is 10.2 Å². The zero-order valence-electron chi connectivity index (χ0n) is 15.3. The van der Waals surface area contributed by atoms with Gasteiger partial charge in [0.1, 0.15) is 17.4 Å². The van der Waals surface area contributed by atoms with Crippen LogP contribution < -0.4 is 4.74 Å². The van der Waals surface area contributed by atoms with Crippen LogP contribution in [0.4, 0.5) is 0 Å². The van der Waals surface area contributed by atoms with E-state index < -0.39 is 0 Å². The zero-order valence-corrected chi connectivity index (χ0v) is 16.1. The Kier molecular flexibility index (Phi) is 5.36. The first-order valence-corrected chi connectivity index (χ1v) is 9.96. The number of hydrogen-bond acceptors (Lipinski definition) is 5. The average molecular weight is 382 g/mol. The van der Waals surface area contributed by atoms with Gasteiger partial charge in [-0.1, -0.05) is 24.3 Å². The molecule has 2 aromatic carbocycles. The van der Waals surface area contributed by atoms with Crippen LogP contribution in [0.3, 0.4) is 0 Å². The average Bonchev–Trinajstić information content (AvgIpc) is 3.35. The summed E-state index contributed by atoms with van der Waals surface area (Å²) in [4.78, 5) is 19.3. The van der Waals surface area contributed by atoms with Gasteiger partial charge in [0.05, 0.1) is 28.4 Å². The lowest BCUT2D eigenvalue weighted by Gasteiger charge is -2.19. The lowest BCUT2D eigenvalue weighted by Crippen LogP contribution is -2.27. The normalized spacial score (nSPS) is 16.6. The van der Waals surface area contributed by atoms with Crippen LogP contribution in [-0.4, -0.2) is 42.2 Å². The van der Waals surface area contributed by atoms with Gasteiger partial charge in [-0.25, -0.2) is 4.98 Å². The minimum absolute atomic E-state index is 0.0720. The SMILES string of the molecule is CN(Cc1nc2ccccc2s1)C(=O)c1ccccc1OCC1CCCO1. The molecule has 1 atom stereocenters. The van der Waals surface area contributed by atoms with E-state index in [1.807, 2.05) is 48.5 Å². The van der Waals surface area contributed by atoms with Gasteiger partial charge in [0, 0.05) is 13.7 Å². The summed E-state index contributed by atoms with van der Waals surface area (Å²) in [5.41, 5.74) is 1.54. The van der Waals surface area contributed by atoms with Gasteiger partial charge < -0.3 is 14.4 Å². The van der Waals surface area contributed by atoms with Crippen molar-refractivity contribution in [2.45, 2.75) is 25.5 Å². The first-order chi connectivity index (χ1) is 13.2. The molecule has 5 nitrogen and oxygen atoms in total. The van der Waals surface area contributed by atoms with Crippen LogP contribution in [0.5, 0.6) is 5.75 Å². The van der Waals surface area contributed by atoms with Crippen molar-refractivity contribution in [2.75, 3.05) is 20.3 Å². The van der Waals surface area contributed by atoms with Gasteiger partial charge in [-0.3, -0.25) is 4.79 Å². The zero-order chi connectivity index (χ0) is 18.6. The summed E-state index contributed by atoms with van der Waals surface area (Å²) in [6.45, 7) is 1.74. The third-order valence-corrected chi connectivity index (χ3v) is 5.64. The maximum atomic E-state index is 13.0. The number of carbonyl (C=O) groups excluding carboxylic acids is 1. The maximum Gasteiger partial charge on any atom is 0.257 e. The summed E-state index contributed by atoms with van der Waals surface area (Å²) in [7, 11) is 1.80. The van der Waals surface area contributed by atoms with Crippen molar-refractivity contribution < 1.29 is 14.3 Å². The molecule has 1 amide bonds. The highest BCUT2D eigenvalue weighted by atomic mass is 32.1. The van der Waals surface area contributed by atoms with E-state index >= 15 is 0 Å². The molecule has 0 bridgehead atoms.